The van der Waals surface area contributed by atoms with Gasteiger partial charge in [0.15, 0.2) is 6.23 Å². The molecule has 0 spiro atoms. The number of rotatable bonds is 4. The minimum atomic E-state index is -0.543. The number of nitro groups is 1. The molecule has 7 nitrogen and oxygen atoms in total. The molecule has 0 amide bonds. The Balaban J connectivity index is 1.86. The van der Waals surface area contributed by atoms with E-state index in [2.05, 4.69) is 5.32 Å². The maximum absolute atomic E-state index is 11.8. The van der Waals surface area contributed by atoms with Crippen LogP contribution in [-0.4, -0.2) is 29.8 Å². The second kappa shape index (κ2) is 6.31. The number of carbonyl (C=O) groups excluding carboxylic acids is 1. The number of nitrogens with zero attached hydrogens (tertiary/aromatic N) is 1. The van der Waals surface area contributed by atoms with Crippen LogP contribution in [0.3, 0.4) is 0 Å². The fraction of sp³-hybridized carbons (Fsp3) is 0.533. The fourth-order valence-electron chi connectivity index (χ4n) is 1.99. The summed E-state index contributed by atoms with van der Waals surface area (Å²) in [5.74, 6) is 0.293. The molecule has 1 heterocycles. The summed E-state index contributed by atoms with van der Waals surface area (Å²) in [7, 11) is 0. The maximum atomic E-state index is 11.8. The van der Waals surface area contributed by atoms with Crippen LogP contribution in [0.1, 0.15) is 27.2 Å². The molecule has 0 radical (unpaired) electrons. The second-order valence-corrected chi connectivity index (χ2v) is 6.28. The summed E-state index contributed by atoms with van der Waals surface area (Å²) in [6.07, 6.45) is 0.0349. The molecule has 0 aromatic heterocycles. The van der Waals surface area contributed by atoms with E-state index in [1.54, 1.807) is 32.9 Å². The van der Waals surface area contributed by atoms with Crippen LogP contribution < -0.4 is 10.1 Å². The lowest BCUT2D eigenvalue weighted by molar-refractivity contribution is -0.384. The van der Waals surface area contributed by atoms with Crippen LogP contribution in [0.2, 0.25) is 0 Å². The van der Waals surface area contributed by atoms with E-state index in [1.165, 1.54) is 12.1 Å². The van der Waals surface area contributed by atoms with Crippen LogP contribution in [0.25, 0.3) is 0 Å². The molecule has 1 aliphatic rings. The lowest BCUT2D eigenvalue weighted by Gasteiger charge is -2.20. The second-order valence-electron chi connectivity index (χ2n) is 6.28. The third-order valence-corrected chi connectivity index (χ3v) is 3.26. The Morgan fingerprint density at radius 3 is 2.50 bits per heavy atom. The monoisotopic (exact) mass is 308 g/mol. The molecule has 1 saturated heterocycles. The smallest absolute Gasteiger partial charge is 0.312 e. The SMILES string of the molecule is CC(C)(C)C(=O)OC1C[C@@H](Oc2ccc([N+](=O)[O-])cc2)CN1. The van der Waals surface area contributed by atoms with Gasteiger partial charge in [0.25, 0.3) is 5.69 Å². The van der Waals surface area contributed by atoms with E-state index >= 15 is 0 Å². The molecule has 120 valence electrons. The quantitative estimate of drug-likeness (QED) is 0.521. The molecule has 1 unspecified atom stereocenters. The van der Waals surface area contributed by atoms with Gasteiger partial charge in [0, 0.05) is 25.1 Å². The first-order valence-corrected chi connectivity index (χ1v) is 7.11. The van der Waals surface area contributed by atoms with Crippen molar-refractivity contribution in [2.75, 3.05) is 6.54 Å². The number of hydrogen-bond donors (Lipinski definition) is 1. The zero-order valence-electron chi connectivity index (χ0n) is 12.9. The van der Waals surface area contributed by atoms with Crippen LogP contribution in [0.4, 0.5) is 5.69 Å². The Morgan fingerprint density at radius 2 is 1.95 bits per heavy atom. The van der Waals surface area contributed by atoms with E-state index in [1.807, 2.05) is 0 Å². The number of hydrogen-bond acceptors (Lipinski definition) is 6. The minimum Gasteiger partial charge on any atom is -0.489 e. The highest BCUT2D eigenvalue weighted by molar-refractivity contribution is 5.75. The Hall–Kier alpha value is -2.15. The predicted molar refractivity (Wildman–Crippen MR) is 79.5 cm³/mol. The van der Waals surface area contributed by atoms with Crippen molar-refractivity contribution in [1.29, 1.82) is 0 Å². The molecule has 1 aromatic carbocycles. The van der Waals surface area contributed by atoms with E-state index in [0.717, 1.165) is 0 Å². The van der Waals surface area contributed by atoms with Crippen LogP contribution in [-0.2, 0) is 9.53 Å². The van der Waals surface area contributed by atoms with Gasteiger partial charge in [-0.25, -0.2) is 0 Å². The van der Waals surface area contributed by atoms with E-state index in [0.29, 0.717) is 18.7 Å². The van der Waals surface area contributed by atoms with Crippen LogP contribution in [0, 0.1) is 15.5 Å². The van der Waals surface area contributed by atoms with Gasteiger partial charge in [-0.05, 0) is 32.9 Å². The summed E-state index contributed by atoms with van der Waals surface area (Å²) in [6.45, 7) is 5.96. The average molecular weight is 308 g/mol. The van der Waals surface area contributed by atoms with Gasteiger partial charge in [0.2, 0.25) is 0 Å². The molecule has 2 atom stereocenters. The number of ether oxygens (including phenoxy) is 2. The number of non-ortho nitro benzene ring substituents is 1. The van der Waals surface area contributed by atoms with E-state index in [4.69, 9.17) is 9.47 Å². The van der Waals surface area contributed by atoms with Gasteiger partial charge in [-0.15, -0.1) is 0 Å². The first-order chi connectivity index (χ1) is 10.3. The lowest BCUT2D eigenvalue weighted by Crippen LogP contribution is -2.33. The molecule has 1 N–H and O–H groups in total. The van der Waals surface area contributed by atoms with Crippen molar-refractivity contribution in [1.82, 2.24) is 5.32 Å². The molecule has 0 saturated carbocycles. The summed E-state index contributed by atoms with van der Waals surface area (Å²) >= 11 is 0. The molecular weight excluding hydrogens is 288 g/mol. The number of carbonyl (C=O) groups is 1. The highest BCUT2D eigenvalue weighted by Crippen LogP contribution is 2.23. The molecule has 1 aromatic rings. The van der Waals surface area contributed by atoms with Gasteiger partial charge >= 0.3 is 5.97 Å². The standard InChI is InChI=1S/C15H20N2O5/c1-15(2,3)14(18)22-13-8-12(9-16-13)21-11-6-4-10(5-7-11)17(19)20/h4-7,12-13,16H,8-9H2,1-3H3/t12-,13?/m1/s1. The van der Waals surface area contributed by atoms with Crippen molar-refractivity contribution < 1.29 is 19.2 Å². The molecule has 2 rings (SSSR count). The van der Waals surface area contributed by atoms with Crippen molar-refractivity contribution in [3.8, 4) is 5.75 Å². The lowest BCUT2D eigenvalue weighted by atomic mass is 9.97. The largest absolute Gasteiger partial charge is 0.489 e. The summed E-state index contributed by atoms with van der Waals surface area (Å²) in [4.78, 5) is 22.0. The van der Waals surface area contributed by atoms with Crippen LogP contribution in [0.15, 0.2) is 24.3 Å². The van der Waals surface area contributed by atoms with Crippen LogP contribution >= 0.6 is 0 Å². The van der Waals surface area contributed by atoms with E-state index in [-0.39, 0.29) is 24.0 Å². The maximum Gasteiger partial charge on any atom is 0.312 e. The first kappa shape index (κ1) is 16.2. The van der Waals surface area contributed by atoms with Gasteiger partial charge in [0.05, 0.1) is 10.3 Å². The predicted octanol–water partition coefficient (Wildman–Crippen LogP) is 2.25. The highest BCUT2D eigenvalue weighted by Gasteiger charge is 2.32. The third kappa shape index (κ3) is 4.17. The first-order valence-electron chi connectivity index (χ1n) is 7.11. The molecule has 7 heteroatoms. The normalized spacial score (nSPS) is 21.4. The van der Waals surface area contributed by atoms with Crippen molar-refractivity contribution in [3.05, 3.63) is 34.4 Å². The molecular formula is C15H20N2O5. The molecule has 1 aliphatic heterocycles. The molecule has 22 heavy (non-hydrogen) atoms. The van der Waals surface area contributed by atoms with Crippen molar-refractivity contribution in [2.45, 2.75) is 39.5 Å². The number of esters is 1. The molecule has 1 fully saturated rings. The van der Waals surface area contributed by atoms with Gasteiger partial charge in [0.1, 0.15) is 11.9 Å². The Bertz CT molecular complexity index is 550. The summed E-state index contributed by atoms with van der Waals surface area (Å²) in [5.41, 5.74) is -0.521. The van der Waals surface area contributed by atoms with Crippen molar-refractivity contribution >= 4 is 11.7 Å². The van der Waals surface area contributed by atoms with E-state index in [9.17, 15) is 14.9 Å². The Kier molecular flexibility index (Phi) is 4.65. The van der Waals surface area contributed by atoms with Gasteiger partial charge in [-0.1, -0.05) is 0 Å². The zero-order valence-corrected chi connectivity index (χ0v) is 12.9. The number of nitrogens with one attached hydrogen (secondary N) is 1. The van der Waals surface area contributed by atoms with Gasteiger partial charge < -0.3 is 9.47 Å². The van der Waals surface area contributed by atoms with Gasteiger partial charge in [-0.3, -0.25) is 20.2 Å². The highest BCUT2D eigenvalue weighted by atomic mass is 16.6. The van der Waals surface area contributed by atoms with Crippen molar-refractivity contribution in [2.24, 2.45) is 5.41 Å². The molecule has 0 aliphatic carbocycles. The van der Waals surface area contributed by atoms with Crippen LogP contribution in [0.5, 0.6) is 5.75 Å². The Labute approximate surface area is 128 Å². The van der Waals surface area contributed by atoms with Gasteiger partial charge in [-0.2, -0.15) is 0 Å². The topological polar surface area (TPSA) is 90.7 Å². The summed E-state index contributed by atoms with van der Waals surface area (Å²) in [5, 5.41) is 13.7. The Morgan fingerprint density at radius 1 is 1.32 bits per heavy atom. The molecule has 0 bridgehead atoms. The average Bonchev–Trinajstić information content (AvgIpc) is 2.85. The van der Waals surface area contributed by atoms with Crippen molar-refractivity contribution in [3.63, 3.8) is 0 Å². The minimum absolute atomic E-state index is 0.0221. The third-order valence-electron chi connectivity index (χ3n) is 3.26. The zero-order chi connectivity index (χ0) is 16.3. The summed E-state index contributed by atoms with van der Waals surface area (Å²) < 4.78 is 11.1. The number of benzene rings is 1. The number of nitro benzene ring substituents is 1. The fourth-order valence-corrected chi connectivity index (χ4v) is 1.99. The summed E-state index contributed by atoms with van der Waals surface area (Å²) in [6, 6.07) is 5.92. The van der Waals surface area contributed by atoms with E-state index < -0.39 is 10.3 Å².